The number of allylic oxidation sites excluding steroid dienone is 9. The first-order chi connectivity index (χ1) is 24.9. The molecular weight excluding hydrogens is 625 g/mol. The number of benzene rings is 3. The van der Waals surface area contributed by atoms with Gasteiger partial charge in [-0.25, -0.2) is 9.50 Å². The van der Waals surface area contributed by atoms with E-state index in [2.05, 4.69) is 135 Å². The molecule has 0 spiro atoms. The lowest BCUT2D eigenvalue weighted by Crippen LogP contribution is -2.20. The molecule has 0 bridgehead atoms. The van der Waals surface area contributed by atoms with Crippen molar-refractivity contribution in [1.82, 2.24) is 14.6 Å². The number of rotatable bonds is 4. The summed E-state index contributed by atoms with van der Waals surface area (Å²) >= 11 is 0. The number of furan rings is 1. The first-order valence-electron chi connectivity index (χ1n) is 17.9. The van der Waals surface area contributed by atoms with Crippen LogP contribution in [-0.4, -0.2) is 14.6 Å². The SMILES string of the molecule is CC1(C)C2=CC(C3C=Cc4oc5ccc(C6CC=CC=C6c6nc7ccc(-c8ccccc8)cn7n6)cc5c4C3)=CCC2c2ccc(C#N)cc21. The van der Waals surface area contributed by atoms with Crippen LogP contribution < -0.4 is 0 Å². The predicted molar refractivity (Wildman–Crippen MR) is 203 cm³/mol. The lowest BCUT2D eigenvalue weighted by atomic mass is 9.74. The normalized spacial score (nSPS) is 21.4. The highest BCUT2D eigenvalue weighted by Crippen LogP contribution is 2.54. The van der Waals surface area contributed by atoms with Crippen molar-refractivity contribution in [2.75, 3.05) is 0 Å². The first-order valence-corrected chi connectivity index (χ1v) is 17.9. The molecule has 3 heterocycles. The molecule has 0 N–H and O–H groups in total. The average Bonchev–Trinajstić information content (AvgIpc) is 3.84. The van der Waals surface area contributed by atoms with Crippen LogP contribution in [-0.2, 0) is 11.8 Å². The van der Waals surface area contributed by atoms with Gasteiger partial charge < -0.3 is 4.42 Å². The third-order valence-corrected chi connectivity index (χ3v) is 11.7. The third-order valence-electron chi connectivity index (χ3n) is 11.7. The van der Waals surface area contributed by atoms with Gasteiger partial charge in [0.05, 0.1) is 11.6 Å². The van der Waals surface area contributed by atoms with Crippen LogP contribution in [0.1, 0.15) is 77.9 Å². The van der Waals surface area contributed by atoms with E-state index in [0.717, 1.165) is 64.3 Å². The van der Waals surface area contributed by atoms with Crippen LogP contribution in [0.3, 0.4) is 0 Å². The molecule has 5 heteroatoms. The van der Waals surface area contributed by atoms with Gasteiger partial charge in [0.15, 0.2) is 11.5 Å². The summed E-state index contributed by atoms with van der Waals surface area (Å²) in [6.45, 7) is 4.63. The van der Waals surface area contributed by atoms with E-state index in [1.807, 2.05) is 16.6 Å². The minimum atomic E-state index is -0.104. The van der Waals surface area contributed by atoms with Crippen LogP contribution in [0.25, 0.3) is 39.4 Å². The molecular formula is C46H36N4O. The van der Waals surface area contributed by atoms with Gasteiger partial charge in [-0.2, -0.15) is 5.26 Å². The van der Waals surface area contributed by atoms with E-state index in [0.29, 0.717) is 5.92 Å². The smallest absolute Gasteiger partial charge is 0.178 e. The van der Waals surface area contributed by atoms with Crippen molar-refractivity contribution in [1.29, 1.82) is 5.26 Å². The second kappa shape index (κ2) is 11.3. The van der Waals surface area contributed by atoms with Gasteiger partial charge in [-0.05, 0) is 89.6 Å². The quantitative estimate of drug-likeness (QED) is 0.189. The number of hydrogen-bond donors (Lipinski definition) is 0. The topological polar surface area (TPSA) is 67.1 Å². The van der Waals surface area contributed by atoms with Crippen molar-refractivity contribution in [3.63, 3.8) is 0 Å². The van der Waals surface area contributed by atoms with Crippen LogP contribution in [0, 0.1) is 17.2 Å². The van der Waals surface area contributed by atoms with Crippen molar-refractivity contribution in [3.05, 3.63) is 172 Å². The fourth-order valence-electron chi connectivity index (χ4n) is 8.97. The molecule has 0 saturated heterocycles. The maximum Gasteiger partial charge on any atom is 0.178 e. The van der Waals surface area contributed by atoms with E-state index in [-0.39, 0.29) is 17.3 Å². The van der Waals surface area contributed by atoms with Crippen LogP contribution in [0.15, 0.2) is 137 Å². The molecule has 10 rings (SSSR count). The number of nitriles is 1. The number of nitrogens with zero attached hydrogens (tertiary/aromatic N) is 4. The fraction of sp³-hybridized carbons (Fsp3) is 0.196. The zero-order valence-electron chi connectivity index (χ0n) is 28.7. The van der Waals surface area contributed by atoms with Crippen molar-refractivity contribution in [2.24, 2.45) is 5.92 Å². The highest BCUT2D eigenvalue weighted by atomic mass is 16.3. The Morgan fingerprint density at radius 3 is 2.73 bits per heavy atom. The summed E-state index contributed by atoms with van der Waals surface area (Å²) in [7, 11) is 0. The second-order valence-electron chi connectivity index (χ2n) is 14.9. The Morgan fingerprint density at radius 1 is 0.941 bits per heavy atom. The molecule has 6 aromatic rings. The number of fused-ring (bicyclic) bond motifs is 7. The molecule has 0 aliphatic heterocycles. The summed E-state index contributed by atoms with van der Waals surface area (Å²) in [5.41, 5.74) is 13.9. The zero-order valence-corrected chi connectivity index (χ0v) is 28.7. The molecule has 5 nitrogen and oxygen atoms in total. The molecule has 51 heavy (non-hydrogen) atoms. The predicted octanol–water partition coefficient (Wildman–Crippen LogP) is 10.7. The fourth-order valence-corrected chi connectivity index (χ4v) is 8.97. The van der Waals surface area contributed by atoms with Gasteiger partial charge in [0, 0.05) is 51.5 Å². The largest absolute Gasteiger partial charge is 0.456 e. The molecule has 0 saturated carbocycles. The first kappa shape index (κ1) is 29.9. The van der Waals surface area contributed by atoms with Gasteiger partial charge in [-0.3, -0.25) is 0 Å². The van der Waals surface area contributed by atoms with Crippen LogP contribution >= 0.6 is 0 Å². The van der Waals surface area contributed by atoms with Gasteiger partial charge in [0.25, 0.3) is 0 Å². The van der Waals surface area contributed by atoms with Crippen molar-refractivity contribution in [2.45, 2.75) is 50.4 Å². The van der Waals surface area contributed by atoms with Crippen LogP contribution in [0.5, 0.6) is 0 Å². The van der Waals surface area contributed by atoms with E-state index >= 15 is 0 Å². The Bertz CT molecular complexity index is 2620. The van der Waals surface area contributed by atoms with Gasteiger partial charge in [-0.1, -0.05) is 98.3 Å². The van der Waals surface area contributed by atoms with Crippen molar-refractivity contribution in [3.8, 4) is 17.2 Å². The minimum Gasteiger partial charge on any atom is -0.456 e. The lowest BCUT2D eigenvalue weighted by molar-refractivity contribution is 0.583. The monoisotopic (exact) mass is 660 g/mol. The molecule has 3 atom stereocenters. The van der Waals surface area contributed by atoms with E-state index in [9.17, 15) is 5.26 Å². The Morgan fingerprint density at radius 2 is 1.84 bits per heavy atom. The number of pyridine rings is 1. The molecule has 4 aliphatic rings. The van der Waals surface area contributed by atoms with Gasteiger partial charge in [0.2, 0.25) is 0 Å². The van der Waals surface area contributed by atoms with Gasteiger partial charge >= 0.3 is 0 Å². The Balaban J connectivity index is 0.954. The van der Waals surface area contributed by atoms with Crippen molar-refractivity contribution < 1.29 is 4.42 Å². The van der Waals surface area contributed by atoms with Crippen LogP contribution in [0.2, 0.25) is 0 Å². The molecule has 0 amide bonds. The summed E-state index contributed by atoms with van der Waals surface area (Å²) in [5.74, 6) is 2.53. The minimum absolute atomic E-state index is 0.104. The second-order valence-corrected chi connectivity index (χ2v) is 14.9. The van der Waals surface area contributed by atoms with E-state index in [1.165, 1.54) is 38.8 Å². The Hall–Kier alpha value is -5.99. The Kier molecular flexibility index (Phi) is 6.60. The highest BCUT2D eigenvalue weighted by molar-refractivity contribution is 5.87. The molecule has 0 fully saturated rings. The molecule has 246 valence electrons. The highest BCUT2D eigenvalue weighted by Gasteiger charge is 2.43. The number of aromatic nitrogens is 3. The number of hydrogen-bond acceptors (Lipinski definition) is 4. The molecule has 3 unspecified atom stereocenters. The summed E-state index contributed by atoms with van der Waals surface area (Å²) in [4.78, 5) is 4.98. The maximum atomic E-state index is 9.57. The molecule has 3 aromatic heterocycles. The van der Waals surface area contributed by atoms with Crippen molar-refractivity contribution >= 4 is 28.3 Å². The van der Waals surface area contributed by atoms with E-state index < -0.39 is 0 Å². The zero-order chi connectivity index (χ0) is 34.3. The van der Waals surface area contributed by atoms with Gasteiger partial charge in [-0.15, -0.1) is 5.10 Å². The summed E-state index contributed by atoms with van der Waals surface area (Å²) < 4.78 is 8.33. The van der Waals surface area contributed by atoms with Gasteiger partial charge in [0.1, 0.15) is 11.3 Å². The lowest BCUT2D eigenvalue weighted by Gasteiger charge is -2.29. The molecule has 4 aliphatic carbocycles. The summed E-state index contributed by atoms with van der Waals surface area (Å²) in [5, 5.41) is 15.8. The molecule has 3 aromatic carbocycles. The van der Waals surface area contributed by atoms with E-state index in [4.69, 9.17) is 14.5 Å². The van der Waals surface area contributed by atoms with E-state index in [1.54, 1.807) is 0 Å². The Labute approximate surface area is 297 Å². The summed E-state index contributed by atoms with van der Waals surface area (Å²) in [6.07, 6.45) is 20.8. The molecule has 0 radical (unpaired) electrons. The summed E-state index contributed by atoms with van der Waals surface area (Å²) in [6, 6.07) is 29.9. The third kappa shape index (κ3) is 4.74. The van der Waals surface area contributed by atoms with Crippen LogP contribution in [0.4, 0.5) is 0 Å². The standard InChI is InChI=1S/C46H36N4O/c1-46(2)40-22-28(26-47)12-17-35(40)36-18-13-31(25-41(36)46)30-14-19-42-38(23-30)39-24-32(15-20-43(39)51-42)34-10-6-7-11-37(34)45-48-44-21-16-33(27-50(44)49-45)29-8-4-3-5-9-29/h3-9,11-17,19-22,24-25,27,30,34,36H,10,18,23H2,1-2H3. The maximum absolute atomic E-state index is 9.57. The average molecular weight is 661 g/mol.